The number of amides is 1. The quantitative estimate of drug-likeness (QED) is 0.274. The monoisotopic (exact) mass is 595 g/mol. The van der Waals surface area contributed by atoms with E-state index in [0.29, 0.717) is 38.8 Å². The molecule has 10 nitrogen and oxygen atoms in total. The molecule has 0 radical (unpaired) electrons. The third kappa shape index (κ3) is 6.07. The van der Waals surface area contributed by atoms with Gasteiger partial charge in [0.15, 0.2) is 0 Å². The van der Waals surface area contributed by atoms with E-state index in [2.05, 4.69) is 76.5 Å². The molecule has 0 bridgehead atoms. The lowest BCUT2D eigenvalue weighted by Crippen LogP contribution is -2.56. The lowest BCUT2D eigenvalue weighted by atomic mass is 9.99. The van der Waals surface area contributed by atoms with Crippen molar-refractivity contribution in [1.82, 2.24) is 19.8 Å². The number of hydrogen-bond acceptors (Lipinski definition) is 8. The van der Waals surface area contributed by atoms with Gasteiger partial charge in [-0.15, -0.1) is 0 Å². The number of nitrogens with zero attached hydrogens (tertiary/aromatic N) is 7. The van der Waals surface area contributed by atoms with E-state index in [1.54, 1.807) is 4.90 Å². The zero-order valence-corrected chi connectivity index (χ0v) is 25.9. The Bertz CT molecular complexity index is 1580. The highest BCUT2D eigenvalue weighted by atomic mass is 16.5. The van der Waals surface area contributed by atoms with Crippen LogP contribution in [0.15, 0.2) is 49.1 Å². The van der Waals surface area contributed by atoms with Crippen LogP contribution in [0.5, 0.6) is 6.01 Å². The van der Waals surface area contributed by atoms with E-state index in [1.165, 1.54) is 28.1 Å². The molecule has 2 saturated heterocycles. The van der Waals surface area contributed by atoms with E-state index in [9.17, 15) is 4.79 Å². The van der Waals surface area contributed by atoms with Crippen LogP contribution in [0.25, 0.3) is 15.6 Å². The average Bonchev–Trinajstić information content (AvgIpc) is 3.01. The number of aromatic nitrogens is 2. The largest absolute Gasteiger partial charge is 0.458 e. The summed E-state index contributed by atoms with van der Waals surface area (Å²) in [4.78, 5) is 34.8. The van der Waals surface area contributed by atoms with Gasteiger partial charge in [-0.2, -0.15) is 9.97 Å². The lowest BCUT2D eigenvalue weighted by Gasteiger charge is -2.41. The number of carbonyl (C=O) groups excluding carboxylic acids is 1. The van der Waals surface area contributed by atoms with Crippen LogP contribution in [0.4, 0.5) is 11.5 Å². The summed E-state index contributed by atoms with van der Waals surface area (Å²) < 4.78 is 12.3. The molecule has 3 aromatic rings. The number of fused-ring (bicyclic) bond motifs is 2. The van der Waals surface area contributed by atoms with Crippen LogP contribution >= 0.6 is 0 Å². The Balaban J connectivity index is 1.31. The van der Waals surface area contributed by atoms with Gasteiger partial charge in [0.1, 0.15) is 18.0 Å². The van der Waals surface area contributed by atoms with Gasteiger partial charge in [0.25, 0.3) is 0 Å². The number of ether oxygens (including phenoxy) is 2. The van der Waals surface area contributed by atoms with E-state index in [4.69, 9.17) is 26.0 Å². The van der Waals surface area contributed by atoms with Gasteiger partial charge in [0, 0.05) is 55.9 Å². The summed E-state index contributed by atoms with van der Waals surface area (Å²) in [7, 11) is 2.08. The minimum Gasteiger partial charge on any atom is -0.458 e. The number of likely N-dealkylation sites (N-methyl/N-ethyl adjacent to an activating group) is 1. The van der Waals surface area contributed by atoms with Crippen molar-refractivity contribution in [2.24, 2.45) is 0 Å². The predicted octanol–water partition coefficient (Wildman–Crippen LogP) is 3.72. The highest BCUT2D eigenvalue weighted by Gasteiger charge is 2.35. The summed E-state index contributed by atoms with van der Waals surface area (Å²) in [5.74, 6) is 0.702. The van der Waals surface area contributed by atoms with Gasteiger partial charge in [-0.05, 0) is 50.4 Å². The Labute approximate surface area is 259 Å². The van der Waals surface area contributed by atoms with Crippen LogP contribution < -0.4 is 14.5 Å². The number of rotatable bonds is 9. The molecule has 230 valence electrons. The van der Waals surface area contributed by atoms with Crippen LogP contribution in [0.3, 0.4) is 0 Å². The molecule has 1 amide bonds. The first-order valence-corrected chi connectivity index (χ1v) is 15.5. The smallest absolute Gasteiger partial charge is 0.319 e. The van der Waals surface area contributed by atoms with Gasteiger partial charge in [0.05, 0.1) is 24.9 Å². The first-order valence-electron chi connectivity index (χ1n) is 15.5. The molecule has 2 fully saturated rings. The molecule has 10 heteroatoms. The fourth-order valence-corrected chi connectivity index (χ4v) is 6.63. The second-order valence-electron chi connectivity index (χ2n) is 12.2. The molecule has 3 aliphatic heterocycles. The highest BCUT2D eigenvalue weighted by molar-refractivity contribution is 5.97. The molecule has 1 aromatic heterocycles. The third-order valence-electron chi connectivity index (χ3n) is 8.90. The first kappa shape index (κ1) is 29.9. The Morgan fingerprint density at radius 3 is 2.68 bits per heavy atom. The molecule has 4 heterocycles. The normalized spacial score (nSPS) is 19.7. The zero-order chi connectivity index (χ0) is 30.8. The summed E-state index contributed by atoms with van der Waals surface area (Å²) in [6.45, 7) is 21.0. The van der Waals surface area contributed by atoms with Gasteiger partial charge in [0.2, 0.25) is 12.5 Å². The second kappa shape index (κ2) is 12.8. The molecule has 6 rings (SSSR count). The average molecular weight is 596 g/mol. The van der Waals surface area contributed by atoms with Crippen LogP contribution in [0.2, 0.25) is 0 Å². The molecule has 0 saturated carbocycles. The van der Waals surface area contributed by atoms with Crippen molar-refractivity contribution in [1.29, 1.82) is 0 Å². The maximum absolute atomic E-state index is 12.6. The van der Waals surface area contributed by atoms with E-state index in [1.807, 2.05) is 6.92 Å². The number of benzene rings is 2. The fourth-order valence-electron chi connectivity index (χ4n) is 6.63. The fraction of sp³-hybridized carbons (Fsp3) is 0.471. The maximum atomic E-state index is 12.6. The zero-order valence-electron chi connectivity index (χ0n) is 25.9. The van der Waals surface area contributed by atoms with Crippen molar-refractivity contribution in [2.75, 3.05) is 69.3 Å². The van der Waals surface area contributed by atoms with Gasteiger partial charge < -0.3 is 33.9 Å². The van der Waals surface area contributed by atoms with E-state index < -0.39 is 0 Å². The Hall–Kier alpha value is -4.20. The van der Waals surface area contributed by atoms with E-state index >= 15 is 0 Å². The summed E-state index contributed by atoms with van der Waals surface area (Å²) in [5.41, 5.74) is 4.51. The van der Waals surface area contributed by atoms with Crippen molar-refractivity contribution >= 4 is 28.2 Å². The summed E-state index contributed by atoms with van der Waals surface area (Å²) in [5, 5.41) is 2.49. The molecule has 3 aliphatic rings. The van der Waals surface area contributed by atoms with E-state index in [0.717, 1.165) is 43.1 Å². The number of anilines is 2. The number of likely N-dealkylation sites (tertiary alicyclic amines) is 1. The minimum atomic E-state index is -0.242. The molecular formula is C34H41N7O3. The Morgan fingerprint density at radius 2 is 1.93 bits per heavy atom. The van der Waals surface area contributed by atoms with Crippen molar-refractivity contribution in [2.45, 2.75) is 45.1 Å². The Morgan fingerprint density at radius 1 is 1.14 bits per heavy atom. The second-order valence-corrected chi connectivity index (χ2v) is 12.2. The number of carbonyl (C=O) groups is 1. The molecule has 2 aromatic carbocycles. The first-order chi connectivity index (χ1) is 21.3. The number of hydrogen-bond donors (Lipinski definition) is 0. The molecule has 0 unspecified atom stereocenters. The van der Waals surface area contributed by atoms with Crippen LogP contribution in [-0.4, -0.2) is 103 Å². The summed E-state index contributed by atoms with van der Waals surface area (Å²) in [6, 6.07) is 13.0. The molecule has 0 N–H and O–H groups in total. The summed E-state index contributed by atoms with van der Waals surface area (Å²) in [6.07, 6.45) is 2.13. The van der Waals surface area contributed by atoms with Crippen LogP contribution in [0.1, 0.15) is 23.7 Å². The topological polar surface area (TPSA) is 78.6 Å². The molecular weight excluding hydrogens is 554 g/mol. The number of piperazine rings is 1. The minimum absolute atomic E-state index is 0.139. The van der Waals surface area contributed by atoms with Gasteiger partial charge >= 0.3 is 6.01 Å². The van der Waals surface area contributed by atoms with Gasteiger partial charge in [-0.1, -0.05) is 36.9 Å². The third-order valence-corrected chi connectivity index (χ3v) is 8.90. The van der Waals surface area contributed by atoms with Crippen molar-refractivity contribution in [3.8, 4) is 6.01 Å². The standard InChI is InChI=1S/C34H41N7O3/c1-6-31(42)41-16-15-40(18-26(41)17-35-4)33-28-13-14-39(30-12-8-11-25-10-7-9-23(2)32(25)30)21-29(28)36-34(37-33)44-24(3)22-43-27-19-38(5)20-27/h6-12,24,26-27H,1,13-22H2,2-3,5H3/t24-,26-/m0/s1. The van der Waals surface area contributed by atoms with Crippen molar-refractivity contribution < 1.29 is 14.3 Å². The van der Waals surface area contributed by atoms with Gasteiger partial charge in [-0.25, -0.2) is 6.57 Å². The van der Waals surface area contributed by atoms with E-state index in [-0.39, 0.29) is 30.7 Å². The van der Waals surface area contributed by atoms with Crippen molar-refractivity contribution in [3.63, 3.8) is 0 Å². The highest BCUT2D eigenvalue weighted by Crippen LogP contribution is 2.36. The predicted molar refractivity (Wildman–Crippen MR) is 172 cm³/mol. The SMILES string of the molecule is [C-]#[N+]C[C@H]1CN(c2nc(O[C@@H](C)COC3CN(C)C3)nc3c2CCN(c2cccc4cccc(C)c24)C3)CCN1C(=O)C=C. The Kier molecular flexibility index (Phi) is 8.69. The van der Waals surface area contributed by atoms with Gasteiger partial charge in [-0.3, -0.25) is 4.79 Å². The summed E-state index contributed by atoms with van der Waals surface area (Å²) >= 11 is 0. The number of aryl methyl sites for hydroxylation is 1. The molecule has 0 spiro atoms. The molecule has 44 heavy (non-hydrogen) atoms. The molecule has 0 aliphatic carbocycles. The van der Waals surface area contributed by atoms with Crippen LogP contribution in [0, 0.1) is 13.5 Å². The van der Waals surface area contributed by atoms with Crippen LogP contribution in [-0.2, 0) is 22.5 Å². The van der Waals surface area contributed by atoms with Crippen molar-refractivity contribution in [3.05, 3.63) is 77.3 Å². The maximum Gasteiger partial charge on any atom is 0.319 e. The molecule has 2 atom stereocenters. The lowest BCUT2D eigenvalue weighted by molar-refractivity contribution is -0.128.